The molecule has 19 heavy (non-hydrogen) atoms. The van der Waals surface area contributed by atoms with Crippen molar-refractivity contribution in [2.75, 3.05) is 7.11 Å². The number of ether oxygens (including phenoxy) is 1. The molecule has 0 fully saturated rings. The van der Waals surface area contributed by atoms with Crippen molar-refractivity contribution in [3.8, 4) is 5.75 Å². The summed E-state index contributed by atoms with van der Waals surface area (Å²) in [4.78, 5) is 12.0. The van der Waals surface area contributed by atoms with Crippen LogP contribution in [0, 0.1) is 0 Å². The summed E-state index contributed by atoms with van der Waals surface area (Å²) >= 11 is 12.9. The maximum Gasteiger partial charge on any atom is 0.253 e. The Morgan fingerprint density at radius 3 is 2.74 bits per heavy atom. The molecule has 0 unspecified atom stereocenters. The average Bonchev–Trinajstić information content (AvgIpc) is 2.75. The predicted molar refractivity (Wildman–Crippen MR) is 78.5 cm³/mol. The third-order valence-corrected chi connectivity index (χ3v) is 4.02. The average molecular weight is 316 g/mol. The van der Waals surface area contributed by atoms with Gasteiger partial charge in [0, 0.05) is 12.1 Å². The fourth-order valence-corrected chi connectivity index (χ4v) is 3.07. The van der Waals surface area contributed by atoms with Gasteiger partial charge in [0.1, 0.15) is 10.1 Å². The van der Waals surface area contributed by atoms with Crippen LogP contribution in [0.2, 0.25) is 8.67 Å². The van der Waals surface area contributed by atoms with Gasteiger partial charge in [0.05, 0.1) is 17.0 Å². The molecule has 0 saturated heterocycles. The smallest absolute Gasteiger partial charge is 0.253 e. The molecule has 1 heterocycles. The van der Waals surface area contributed by atoms with Crippen molar-refractivity contribution in [2.24, 2.45) is 0 Å². The number of amides is 1. The minimum Gasteiger partial charge on any atom is -0.496 e. The first-order valence-corrected chi connectivity index (χ1v) is 7.04. The van der Waals surface area contributed by atoms with Crippen LogP contribution in [-0.4, -0.2) is 13.0 Å². The molecule has 2 rings (SSSR count). The minimum absolute atomic E-state index is 0.251. The molecule has 3 nitrogen and oxygen atoms in total. The summed E-state index contributed by atoms with van der Waals surface area (Å²) in [7, 11) is 1.59. The highest BCUT2D eigenvalue weighted by Crippen LogP contribution is 2.31. The van der Waals surface area contributed by atoms with Gasteiger partial charge in [-0.05, 0) is 12.1 Å². The lowest BCUT2D eigenvalue weighted by atomic mass is 10.2. The van der Waals surface area contributed by atoms with Crippen molar-refractivity contribution < 1.29 is 9.53 Å². The monoisotopic (exact) mass is 315 g/mol. The van der Waals surface area contributed by atoms with Gasteiger partial charge < -0.3 is 10.1 Å². The number of benzene rings is 1. The number of nitrogens with one attached hydrogen (secondary N) is 1. The zero-order valence-electron chi connectivity index (χ0n) is 10.1. The van der Waals surface area contributed by atoms with E-state index in [2.05, 4.69) is 5.32 Å². The van der Waals surface area contributed by atoms with E-state index in [1.807, 2.05) is 24.3 Å². The highest BCUT2D eigenvalue weighted by atomic mass is 35.5. The van der Waals surface area contributed by atoms with Gasteiger partial charge in [0.25, 0.3) is 5.91 Å². The molecule has 0 atom stereocenters. The maximum absolute atomic E-state index is 12.0. The van der Waals surface area contributed by atoms with Gasteiger partial charge in [-0.25, -0.2) is 0 Å². The predicted octanol–water partition coefficient (Wildman–Crippen LogP) is 3.99. The molecule has 100 valence electrons. The van der Waals surface area contributed by atoms with Crippen LogP contribution < -0.4 is 10.1 Å². The van der Waals surface area contributed by atoms with Crippen LogP contribution in [0.5, 0.6) is 5.75 Å². The molecule has 6 heteroatoms. The van der Waals surface area contributed by atoms with Crippen molar-refractivity contribution in [1.82, 2.24) is 5.32 Å². The van der Waals surface area contributed by atoms with Gasteiger partial charge in [0.15, 0.2) is 0 Å². The Kier molecular flexibility index (Phi) is 4.69. The fraction of sp³-hybridized carbons (Fsp3) is 0.154. The van der Waals surface area contributed by atoms with Crippen LogP contribution in [0.4, 0.5) is 0 Å². The molecule has 2 aromatic rings. The first kappa shape index (κ1) is 14.2. The van der Waals surface area contributed by atoms with Crippen molar-refractivity contribution in [2.45, 2.75) is 6.54 Å². The lowest BCUT2D eigenvalue weighted by molar-refractivity contribution is 0.0951. The topological polar surface area (TPSA) is 38.3 Å². The zero-order valence-corrected chi connectivity index (χ0v) is 12.4. The van der Waals surface area contributed by atoms with E-state index in [1.54, 1.807) is 13.2 Å². The van der Waals surface area contributed by atoms with Crippen LogP contribution in [0.3, 0.4) is 0 Å². The van der Waals surface area contributed by atoms with Gasteiger partial charge >= 0.3 is 0 Å². The number of carbonyl (C=O) groups excluding carboxylic acids is 1. The number of methoxy groups -OCH3 is 1. The number of hydrogen-bond acceptors (Lipinski definition) is 3. The molecular weight excluding hydrogens is 305 g/mol. The second-order valence-corrected chi connectivity index (χ2v) is 6.02. The number of halogens is 2. The summed E-state index contributed by atoms with van der Waals surface area (Å²) in [5.41, 5.74) is 1.29. The number of rotatable bonds is 4. The molecule has 1 amide bonds. The van der Waals surface area contributed by atoms with Crippen LogP contribution in [0.1, 0.15) is 15.9 Å². The molecule has 0 aliphatic heterocycles. The van der Waals surface area contributed by atoms with Gasteiger partial charge in [0.2, 0.25) is 0 Å². The summed E-state index contributed by atoms with van der Waals surface area (Å²) in [6.45, 7) is 0.368. The summed E-state index contributed by atoms with van der Waals surface area (Å²) in [5.74, 6) is 0.483. The lowest BCUT2D eigenvalue weighted by Crippen LogP contribution is -2.22. The second kappa shape index (κ2) is 6.28. The van der Waals surface area contributed by atoms with E-state index in [1.165, 1.54) is 11.3 Å². The molecule has 0 saturated carbocycles. The van der Waals surface area contributed by atoms with E-state index < -0.39 is 0 Å². The fourth-order valence-electron chi connectivity index (χ4n) is 1.61. The van der Waals surface area contributed by atoms with E-state index in [-0.39, 0.29) is 5.91 Å². The number of thiophene rings is 1. The SMILES string of the molecule is COc1ccccc1CNC(=O)c1cc(Cl)sc1Cl. The van der Waals surface area contributed by atoms with E-state index >= 15 is 0 Å². The third-order valence-electron chi connectivity index (χ3n) is 2.53. The Balaban J connectivity index is 2.06. The van der Waals surface area contributed by atoms with Crippen molar-refractivity contribution in [1.29, 1.82) is 0 Å². The highest BCUT2D eigenvalue weighted by Gasteiger charge is 2.14. The van der Waals surface area contributed by atoms with Crippen molar-refractivity contribution in [3.63, 3.8) is 0 Å². The van der Waals surface area contributed by atoms with Gasteiger partial charge in [-0.3, -0.25) is 4.79 Å². The maximum atomic E-state index is 12.0. The summed E-state index contributed by atoms with van der Waals surface area (Å²) in [6, 6.07) is 9.06. The lowest BCUT2D eigenvalue weighted by Gasteiger charge is -2.09. The summed E-state index contributed by atoms with van der Waals surface area (Å²) in [6.07, 6.45) is 0. The van der Waals surface area contributed by atoms with Crippen LogP contribution in [0.25, 0.3) is 0 Å². The molecule has 1 aromatic carbocycles. The highest BCUT2D eigenvalue weighted by molar-refractivity contribution is 7.20. The Hall–Kier alpha value is -1.23. The minimum atomic E-state index is -0.251. The standard InChI is InChI=1S/C13H11Cl2NO2S/c1-18-10-5-3-2-4-8(10)7-16-13(17)9-6-11(14)19-12(9)15/h2-6H,7H2,1H3,(H,16,17). The van der Waals surface area contributed by atoms with Crippen LogP contribution in [0.15, 0.2) is 30.3 Å². The summed E-state index contributed by atoms with van der Waals surface area (Å²) in [5, 5.41) is 2.79. The zero-order chi connectivity index (χ0) is 13.8. The Bertz CT molecular complexity index is 598. The molecule has 1 N–H and O–H groups in total. The van der Waals surface area contributed by atoms with Gasteiger partial charge in [-0.1, -0.05) is 41.4 Å². The molecule has 0 aliphatic carbocycles. The van der Waals surface area contributed by atoms with Crippen molar-refractivity contribution in [3.05, 3.63) is 50.1 Å². The normalized spacial score (nSPS) is 10.3. The molecule has 0 radical (unpaired) electrons. The first-order valence-electron chi connectivity index (χ1n) is 5.46. The van der Waals surface area contributed by atoms with Crippen LogP contribution in [-0.2, 0) is 6.54 Å². The Morgan fingerprint density at radius 2 is 2.11 bits per heavy atom. The van der Waals surface area contributed by atoms with Crippen molar-refractivity contribution >= 4 is 40.4 Å². The van der Waals surface area contributed by atoms with Gasteiger partial charge in [-0.15, -0.1) is 11.3 Å². The van der Waals surface area contributed by atoms with E-state index in [4.69, 9.17) is 27.9 Å². The van der Waals surface area contributed by atoms with Crippen LogP contribution >= 0.6 is 34.5 Å². The molecule has 1 aromatic heterocycles. The molecule has 0 spiro atoms. The van der Waals surface area contributed by atoms with E-state index in [0.29, 0.717) is 20.8 Å². The van der Waals surface area contributed by atoms with E-state index in [0.717, 1.165) is 11.3 Å². The quantitative estimate of drug-likeness (QED) is 0.926. The Morgan fingerprint density at radius 1 is 1.37 bits per heavy atom. The number of para-hydroxylation sites is 1. The molecular formula is C13H11Cl2NO2S. The summed E-state index contributed by atoms with van der Waals surface area (Å²) < 4.78 is 6.10. The Labute approximate surface area is 125 Å². The largest absolute Gasteiger partial charge is 0.496 e. The number of hydrogen-bond donors (Lipinski definition) is 1. The third kappa shape index (κ3) is 3.41. The van der Waals surface area contributed by atoms with Gasteiger partial charge in [-0.2, -0.15) is 0 Å². The second-order valence-electron chi connectivity index (χ2n) is 3.73. The molecule has 0 aliphatic rings. The molecule has 0 bridgehead atoms. The number of carbonyl (C=O) groups is 1. The van der Waals surface area contributed by atoms with E-state index in [9.17, 15) is 4.79 Å². The first-order chi connectivity index (χ1) is 9.11.